The highest BCUT2D eigenvalue weighted by Gasteiger charge is 2.32. The van der Waals surface area contributed by atoms with Gasteiger partial charge in [0.15, 0.2) is 5.82 Å². The lowest BCUT2D eigenvalue weighted by Gasteiger charge is -2.32. The monoisotopic (exact) mass is 355 g/mol. The lowest BCUT2D eigenvalue weighted by molar-refractivity contribution is -0.0270. The van der Waals surface area contributed by atoms with Crippen LogP contribution in [0.3, 0.4) is 0 Å². The number of nitrogens with zero attached hydrogens (tertiary/aromatic N) is 3. The van der Waals surface area contributed by atoms with Crippen LogP contribution in [0.5, 0.6) is 0 Å². The molecule has 3 heterocycles. The molecule has 0 aromatic carbocycles. The number of amides is 1. The Bertz CT molecular complexity index is 823. The molecule has 6 heteroatoms. The van der Waals surface area contributed by atoms with Gasteiger partial charge < -0.3 is 14.1 Å². The van der Waals surface area contributed by atoms with Crippen molar-refractivity contribution < 1.29 is 13.9 Å². The maximum absolute atomic E-state index is 13.2. The first kappa shape index (κ1) is 17.2. The molecule has 2 aromatic rings. The summed E-state index contributed by atoms with van der Waals surface area (Å²) in [5, 5.41) is 0. The van der Waals surface area contributed by atoms with Crippen molar-refractivity contribution in [3.63, 3.8) is 0 Å². The number of carbonyl (C=O) groups excluding carboxylic acids is 1. The van der Waals surface area contributed by atoms with E-state index in [1.165, 1.54) is 0 Å². The standard InChI is InChI=1S/C20H25N3O3/c1-12-10-13(2)22-19(21-12)17-11-23(8-9-25-17)20(24)18-14(3)26-16-7-5-4-6-15(16)18/h10,17H,4-9,11H2,1-3H3. The zero-order valence-electron chi connectivity index (χ0n) is 15.7. The van der Waals surface area contributed by atoms with Gasteiger partial charge in [-0.1, -0.05) is 0 Å². The minimum absolute atomic E-state index is 0.0482. The Hall–Kier alpha value is -2.21. The fourth-order valence-electron chi connectivity index (χ4n) is 4.03. The lowest BCUT2D eigenvalue weighted by Crippen LogP contribution is -2.43. The number of morpholine rings is 1. The van der Waals surface area contributed by atoms with E-state index in [1.807, 2.05) is 31.7 Å². The van der Waals surface area contributed by atoms with Crippen LogP contribution in [-0.2, 0) is 17.6 Å². The van der Waals surface area contributed by atoms with Crippen LogP contribution in [0.4, 0.5) is 0 Å². The average Bonchev–Trinajstić information content (AvgIpc) is 2.96. The number of hydrogen-bond donors (Lipinski definition) is 0. The molecule has 0 saturated carbocycles. The van der Waals surface area contributed by atoms with E-state index in [4.69, 9.17) is 9.15 Å². The Balaban J connectivity index is 1.58. The maximum atomic E-state index is 13.2. The van der Waals surface area contributed by atoms with Crippen LogP contribution >= 0.6 is 0 Å². The maximum Gasteiger partial charge on any atom is 0.257 e. The smallest absolute Gasteiger partial charge is 0.257 e. The Morgan fingerprint density at radius 1 is 1.15 bits per heavy atom. The highest BCUT2D eigenvalue weighted by Crippen LogP contribution is 2.31. The van der Waals surface area contributed by atoms with E-state index in [2.05, 4.69) is 9.97 Å². The molecule has 1 atom stereocenters. The molecule has 26 heavy (non-hydrogen) atoms. The summed E-state index contributed by atoms with van der Waals surface area (Å²) >= 11 is 0. The minimum atomic E-state index is -0.283. The third-order valence-corrected chi connectivity index (χ3v) is 5.20. The van der Waals surface area contributed by atoms with Gasteiger partial charge in [0.2, 0.25) is 0 Å². The largest absolute Gasteiger partial charge is 0.465 e. The van der Waals surface area contributed by atoms with Crippen LogP contribution in [0.1, 0.15) is 63.6 Å². The quantitative estimate of drug-likeness (QED) is 0.828. The topological polar surface area (TPSA) is 68.5 Å². The van der Waals surface area contributed by atoms with Crippen LogP contribution < -0.4 is 0 Å². The molecule has 1 amide bonds. The number of furan rings is 1. The van der Waals surface area contributed by atoms with Crippen molar-refractivity contribution >= 4 is 5.91 Å². The first-order valence-electron chi connectivity index (χ1n) is 9.37. The average molecular weight is 355 g/mol. The van der Waals surface area contributed by atoms with Gasteiger partial charge in [0.1, 0.15) is 17.6 Å². The van der Waals surface area contributed by atoms with E-state index < -0.39 is 0 Å². The number of fused-ring (bicyclic) bond motifs is 1. The van der Waals surface area contributed by atoms with Gasteiger partial charge in [-0.25, -0.2) is 9.97 Å². The Kier molecular flexibility index (Phi) is 4.53. The summed E-state index contributed by atoms with van der Waals surface area (Å²) in [5.74, 6) is 2.45. The molecular weight excluding hydrogens is 330 g/mol. The molecule has 0 radical (unpaired) electrons. The normalized spacial score (nSPS) is 20.1. The van der Waals surface area contributed by atoms with Crippen molar-refractivity contribution in [1.82, 2.24) is 14.9 Å². The molecule has 1 saturated heterocycles. The molecule has 2 aliphatic rings. The summed E-state index contributed by atoms with van der Waals surface area (Å²) in [6.07, 6.45) is 3.84. The fraction of sp³-hybridized carbons (Fsp3) is 0.550. The second-order valence-electron chi connectivity index (χ2n) is 7.26. The number of aromatic nitrogens is 2. The van der Waals surface area contributed by atoms with Crippen molar-refractivity contribution in [2.45, 2.75) is 52.6 Å². The molecule has 138 valence electrons. The first-order valence-corrected chi connectivity index (χ1v) is 9.37. The molecule has 6 nitrogen and oxygen atoms in total. The van der Waals surface area contributed by atoms with E-state index in [-0.39, 0.29) is 12.0 Å². The molecular formula is C20H25N3O3. The molecule has 4 rings (SSSR count). The van der Waals surface area contributed by atoms with Crippen molar-refractivity contribution in [3.05, 3.63) is 45.9 Å². The van der Waals surface area contributed by atoms with Gasteiger partial charge in [-0.05, 0) is 46.1 Å². The molecule has 0 bridgehead atoms. The van der Waals surface area contributed by atoms with Gasteiger partial charge in [0.05, 0.1) is 18.7 Å². The molecule has 0 N–H and O–H groups in total. The van der Waals surface area contributed by atoms with Crippen LogP contribution in [0.15, 0.2) is 10.5 Å². The third-order valence-electron chi connectivity index (χ3n) is 5.20. The zero-order valence-corrected chi connectivity index (χ0v) is 15.7. The number of carbonyl (C=O) groups is 1. The molecule has 2 aromatic heterocycles. The van der Waals surface area contributed by atoms with E-state index in [9.17, 15) is 4.79 Å². The number of hydrogen-bond acceptors (Lipinski definition) is 5. The third kappa shape index (κ3) is 3.14. The SMILES string of the molecule is Cc1cc(C)nc(C2CN(C(=O)c3c(C)oc4c3CCCC4)CCO2)n1. The predicted molar refractivity (Wildman–Crippen MR) is 96.2 cm³/mol. The molecule has 1 aliphatic carbocycles. The van der Waals surface area contributed by atoms with Gasteiger partial charge in [-0.2, -0.15) is 0 Å². The highest BCUT2D eigenvalue weighted by molar-refractivity contribution is 5.97. The van der Waals surface area contributed by atoms with Crippen molar-refractivity contribution in [2.75, 3.05) is 19.7 Å². The zero-order chi connectivity index (χ0) is 18.3. The Morgan fingerprint density at radius 3 is 2.65 bits per heavy atom. The molecule has 0 spiro atoms. The van der Waals surface area contributed by atoms with Gasteiger partial charge in [0.25, 0.3) is 5.91 Å². The van der Waals surface area contributed by atoms with E-state index in [0.29, 0.717) is 25.5 Å². The predicted octanol–water partition coefficient (Wildman–Crippen LogP) is 3.09. The minimum Gasteiger partial charge on any atom is -0.465 e. The summed E-state index contributed by atoms with van der Waals surface area (Å²) in [5.41, 5.74) is 3.71. The van der Waals surface area contributed by atoms with Crippen LogP contribution in [0.25, 0.3) is 0 Å². The van der Waals surface area contributed by atoms with Crippen molar-refractivity contribution in [3.8, 4) is 0 Å². The van der Waals surface area contributed by atoms with Crippen molar-refractivity contribution in [1.29, 1.82) is 0 Å². The number of rotatable bonds is 2. The van der Waals surface area contributed by atoms with Crippen LogP contribution in [0, 0.1) is 20.8 Å². The van der Waals surface area contributed by atoms with Crippen LogP contribution in [-0.4, -0.2) is 40.5 Å². The second-order valence-corrected chi connectivity index (χ2v) is 7.26. The van der Waals surface area contributed by atoms with E-state index in [1.54, 1.807) is 0 Å². The Morgan fingerprint density at radius 2 is 1.88 bits per heavy atom. The van der Waals surface area contributed by atoms with Crippen LogP contribution in [0.2, 0.25) is 0 Å². The molecule has 1 unspecified atom stereocenters. The number of aryl methyl sites for hydroxylation is 4. The number of ether oxygens (including phenoxy) is 1. The first-order chi connectivity index (χ1) is 12.5. The highest BCUT2D eigenvalue weighted by atomic mass is 16.5. The van der Waals surface area contributed by atoms with E-state index >= 15 is 0 Å². The Labute approximate surface area is 153 Å². The fourth-order valence-corrected chi connectivity index (χ4v) is 4.03. The molecule has 1 fully saturated rings. The molecule has 1 aliphatic heterocycles. The summed E-state index contributed by atoms with van der Waals surface area (Å²) in [6, 6.07) is 1.94. The van der Waals surface area contributed by atoms with Gasteiger partial charge in [-0.15, -0.1) is 0 Å². The van der Waals surface area contributed by atoms with Gasteiger partial charge in [0, 0.05) is 29.9 Å². The lowest BCUT2D eigenvalue weighted by atomic mass is 9.94. The van der Waals surface area contributed by atoms with Crippen molar-refractivity contribution in [2.24, 2.45) is 0 Å². The van der Waals surface area contributed by atoms with Gasteiger partial charge >= 0.3 is 0 Å². The van der Waals surface area contributed by atoms with Gasteiger partial charge in [-0.3, -0.25) is 4.79 Å². The summed E-state index contributed by atoms with van der Waals surface area (Å²) < 4.78 is 11.8. The second kappa shape index (κ2) is 6.83. The van der Waals surface area contributed by atoms with E-state index in [0.717, 1.165) is 59.7 Å². The summed E-state index contributed by atoms with van der Waals surface area (Å²) in [4.78, 5) is 24.1. The summed E-state index contributed by atoms with van der Waals surface area (Å²) in [7, 11) is 0. The summed E-state index contributed by atoms with van der Waals surface area (Å²) in [6.45, 7) is 7.35.